The topological polar surface area (TPSA) is 56.0 Å². The summed E-state index contributed by atoms with van der Waals surface area (Å²) in [5, 5.41) is 0. The smallest absolute Gasteiger partial charge is 0.254 e. The summed E-state index contributed by atoms with van der Waals surface area (Å²) in [6, 6.07) is 1.10. The summed E-state index contributed by atoms with van der Waals surface area (Å²) < 4.78 is 13.0. The van der Waals surface area contributed by atoms with Crippen molar-refractivity contribution < 1.29 is 9.18 Å². The molecule has 5 heteroatoms. The maximum atomic E-state index is 12.8. The van der Waals surface area contributed by atoms with Gasteiger partial charge in [-0.05, 0) is 28.7 Å². The number of rotatable bonds is 1. The zero-order chi connectivity index (χ0) is 8.43. The van der Waals surface area contributed by atoms with Crippen LogP contribution in [-0.2, 0) is 0 Å². The Kier molecular flexibility index (Phi) is 2.38. The average molecular weight is 266 g/mol. The van der Waals surface area contributed by atoms with Crippen molar-refractivity contribution in [3.05, 3.63) is 27.3 Å². The Morgan fingerprint density at radius 1 is 1.73 bits per heavy atom. The number of hydrogen-bond donors (Lipinski definition) is 1. The third kappa shape index (κ3) is 1.65. The van der Waals surface area contributed by atoms with Crippen LogP contribution in [0.1, 0.15) is 10.4 Å². The minimum atomic E-state index is -0.792. The summed E-state index contributed by atoms with van der Waals surface area (Å²) in [6.07, 6.45) is 1.28. The average Bonchev–Trinajstić information content (AvgIpc) is 1.85. The highest BCUT2D eigenvalue weighted by Gasteiger charge is 2.12. The van der Waals surface area contributed by atoms with Gasteiger partial charge in [-0.3, -0.25) is 4.79 Å². The second-order valence-electron chi connectivity index (χ2n) is 1.82. The van der Waals surface area contributed by atoms with E-state index in [1.807, 2.05) is 0 Å². The summed E-state index contributed by atoms with van der Waals surface area (Å²) in [6.45, 7) is 0. The minimum Gasteiger partial charge on any atom is -0.365 e. The van der Waals surface area contributed by atoms with E-state index in [4.69, 9.17) is 5.73 Å². The molecule has 0 atom stereocenters. The number of nitrogens with zero attached hydrogens (tertiary/aromatic N) is 1. The molecule has 0 radical (unpaired) electrons. The lowest BCUT2D eigenvalue weighted by Crippen LogP contribution is -2.15. The maximum Gasteiger partial charge on any atom is 0.254 e. The molecule has 0 aliphatic rings. The number of aromatic nitrogens is 1. The van der Waals surface area contributed by atoms with E-state index >= 15 is 0 Å². The van der Waals surface area contributed by atoms with Crippen molar-refractivity contribution in [1.82, 2.24) is 4.98 Å². The predicted molar refractivity (Wildman–Crippen MR) is 45.4 cm³/mol. The third-order valence-corrected chi connectivity index (χ3v) is 1.92. The number of halogens is 2. The van der Waals surface area contributed by atoms with Crippen molar-refractivity contribution in [1.29, 1.82) is 0 Å². The highest BCUT2D eigenvalue weighted by Crippen LogP contribution is 2.11. The molecule has 0 fully saturated rings. The zero-order valence-electron chi connectivity index (χ0n) is 5.34. The van der Waals surface area contributed by atoms with Gasteiger partial charge in [-0.2, -0.15) is 0 Å². The van der Waals surface area contributed by atoms with E-state index in [1.54, 1.807) is 22.6 Å². The van der Waals surface area contributed by atoms with Gasteiger partial charge in [-0.25, -0.2) is 9.37 Å². The van der Waals surface area contributed by atoms with E-state index < -0.39 is 11.7 Å². The van der Waals surface area contributed by atoms with Crippen molar-refractivity contribution in [2.24, 2.45) is 5.73 Å². The van der Waals surface area contributed by atoms with Gasteiger partial charge in [-0.15, -0.1) is 0 Å². The molecule has 0 spiro atoms. The van der Waals surface area contributed by atoms with Crippen LogP contribution in [0, 0.1) is 9.52 Å². The van der Waals surface area contributed by atoms with E-state index in [9.17, 15) is 9.18 Å². The Bertz CT molecular complexity index is 282. The fourth-order valence-electron chi connectivity index (χ4n) is 0.634. The molecule has 1 rings (SSSR count). The second kappa shape index (κ2) is 3.12. The molecule has 0 aliphatic carbocycles. The molecular formula is C6H4FIN2O. The Morgan fingerprint density at radius 3 is 2.73 bits per heavy atom. The molecule has 3 nitrogen and oxygen atoms in total. The molecule has 1 amide bonds. The van der Waals surface area contributed by atoms with E-state index in [-0.39, 0.29) is 9.26 Å². The van der Waals surface area contributed by atoms with Gasteiger partial charge in [0.2, 0.25) is 0 Å². The van der Waals surface area contributed by atoms with Gasteiger partial charge in [-0.1, -0.05) is 0 Å². The zero-order valence-corrected chi connectivity index (χ0v) is 7.50. The fraction of sp³-hybridized carbons (Fsp3) is 0. The number of carbonyl (C=O) groups is 1. The summed E-state index contributed by atoms with van der Waals surface area (Å²) in [4.78, 5) is 14.3. The van der Waals surface area contributed by atoms with E-state index in [0.29, 0.717) is 0 Å². The molecule has 0 aromatic carbocycles. The first kappa shape index (κ1) is 8.38. The molecule has 0 bridgehead atoms. The standard InChI is InChI=1S/C6H4FIN2O/c7-3-1-2-10-5(8)4(3)6(9)11/h1-2H,(H2,9,11). The van der Waals surface area contributed by atoms with Crippen LogP contribution in [0.3, 0.4) is 0 Å². The van der Waals surface area contributed by atoms with Crippen LogP contribution in [0.5, 0.6) is 0 Å². The number of nitrogens with two attached hydrogens (primary N) is 1. The second-order valence-corrected chi connectivity index (χ2v) is 2.84. The Labute approximate surface area is 75.9 Å². The predicted octanol–water partition coefficient (Wildman–Crippen LogP) is 0.924. The van der Waals surface area contributed by atoms with Crippen LogP contribution >= 0.6 is 22.6 Å². The third-order valence-electron chi connectivity index (χ3n) is 1.10. The van der Waals surface area contributed by atoms with Gasteiger partial charge >= 0.3 is 0 Å². The highest BCUT2D eigenvalue weighted by atomic mass is 127. The van der Waals surface area contributed by atoms with Gasteiger partial charge in [0, 0.05) is 6.20 Å². The summed E-state index contributed by atoms with van der Waals surface area (Å²) in [7, 11) is 0. The van der Waals surface area contributed by atoms with Crippen LogP contribution in [0.4, 0.5) is 4.39 Å². The van der Waals surface area contributed by atoms with Crippen LogP contribution in [0.15, 0.2) is 12.3 Å². The number of pyridine rings is 1. The molecular weight excluding hydrogens is 262 g/mol. The van der Waals surface area contributed by atoms with Crippen LogP contribution in [0.25, 0.3) is 0 Å². The first-order valence-corrected chi connectivity index (χ1v) is 3.80. The molecule has 0 saturated carbocycles. The van der Waals surface area contributed by atoms with Gasteiger partial charge in [0.05, 0.1) is 0 Å². The van der Waals surface area contributed by atoms with Crippen molar-refractivity contribution >= 4 is 28.5 Å². The first-order chi connectivity index (χ1) is 5.13. The minimum absolute atomic E-state index is 0.145. The maximum absolute atomic E-state index is 12.8. The van der Waals surface area contributed by atoms with Crippen molar-refractivity contribution in [3.8, 4) is 0 Å². The number of primary amides is 1. The molecule has 1 aromatic heterocycles. The lowest BCUT2D eigenvalue weighted by atomic mass is 10.2. The van der Waals surface area contributed by atoms with Crippen molar-refractivity contribution in [2.45, 2.75) is 0 Å². The molecule has 0 unspecified atom stereocenters. The van der Waals surface area contributed by atoms with E-state index in [2.05, 4.69) is 4.98 Å². The SMILES string of the molecule is NC(=O)c1c(F)ccnc1I. The first-order valence-electron chi connectivity index (χ1n) is 2.72. The van der Waals surface area contributed by atoms with Crippen LogP contribution < -0.4 is 5.73 Å². The number of carbonyl (C=O) groups excluding carboxylic acids is 1. The highest BCUT2D eigenvalue weighted by molar-refractivity contribution is 14.1. The lowest BCUT2D eigenvalue weighted by Gasteiger charge is -1.98. The Hall–Kier alpha value is -0.720. The monoisotopic (exact) mass is 266 g/mol. The Balaban J connectivity index is 3.32. The quantitative estimate of drug-likeness (QED) is 0.607. The molecule has 11 heavy (non-hydrogen) atoms. The van der Waals surface area contributed by atoms with Gasteiger partial charge in [0.25, 0.3) is 5.91 Å². The molecule has 0 saturated heterocycles. The summed E-state index contributed by atoms with van der Waals surface area (Å²) in [5.74, 6) is -1.42. The normalized spacial score (nSPS) is 9.64. The van der Waals surface area contributed by atoms with Crippen molar-refractivity contribution in [2.75, 3.05) is 0 Å². The van der Waals surface area contributed by atoms with Crippen molar-refractivity contribution in [3.63, 3.8) is 0 Å². The van der Waals surface area contributed by atoms with Gasteiger partial charge in [0.15, 0.2) is 0 Å². The Morgan fingerprint density at radius 2 is 2.36 bits per heavy atom. The van der Waals surface area contributed by atoms with Crippen LogP contribution in [-0.4, -0.2) is 10.9 Å². The molecule has 1 aromatic rings. The van der Waals surface area contributed by atoms with Crippen LogP contribution in [0.2, 0.25) is 0 Å². The van der Waals surface area contributed by atoms with E-state index in [1.165, 1.54) is 6.20 Å². The molecule has 2 N–H and O–H groups in total. The number of amides is 1. The van der Waals surface area contributed by atoms with Gasteiger partial charge in [0.1, 0.15) is 15.1 Å². The fourth-order valence-corrected chi connectivity index (χ4v) is 1.32. The number of hydrogen-bond acceptors (Lipinski definition) is 2. The summed E-state index contributed by atoms with van der Waals surface area (Å²) >= 11 is 1.75. The molecule has 0 aliphatic heterocycles. The summed E-state index contributed by atoms with van der Waals surface area (Å²) in [5.41, 5.74) is 4.75. The molecule has 1 heterocycles. The lowest BCUT2D eigenvalue weighted by molar-refractivity contribution is 0.0995. The molecule has 58 valence electrons. The van der Waals surface area contributed by atoms with E-state index in [0.717, 1.165) is 6.07 Å². The van der Waals surface area contributed by atoms with Gasteiger partial charge < -0.3 is 5.73 Å². The largest absolute Gasteiger partial charge is 0.365 e.